The minimum absolute atomic E-state index is 0.0966. The highest BCUT2D eigenvalue weighted by Crippen LogP contribution is 2.39. The second kappa shape index (κ2) is 9.15. The highest BCUT2D eigenvalue weighted by molar-refractivity contribution is 8.15. The number of benzene rings is 2. The number of aliphatic imine (C=N–C) groups is 1. The summed E-state index contributed by atoms with van der Waals surface area (Å²) in [7, 11) is 0.0310. The summed E-state index contributed by atoms with van der Waals surface area (Å²) >= 11 is 1.40. The fourth-order valence-electron chi connectivity index (χ4n) is 4.02. The Morgan fingerprint density at radius 2 is 1.75 bits per heavy atom. The molecule has 170 valence electrons. The number of amidine groups is 1. The molecule has 2 aromatic rings. The lowest BCUT2D eigenvalue weighted by atomic mass is 10.1. The molecular weight excluding hydrogens is 448 g/mol. The maximum atomic E-state index is 12.8. The number of sulfone groups is 1. The zero-order valence-electron chi connectivity index (χ0n) is 18.3. The Kier molecular flexibility index (Phi) is 6.48. The van der Waals surface area contributed by atoms with E-state index < -0.39 is 9.84 Å². The monoisotopic (exact) mass is 474 g/mol. The summed E-state index contributed by atoms with van der Waals surface area (Å²) in [5.41, 5.74) is 2.99. The molecule has 0 saturated carbocycles. The number of fused-ring (bicyclic) bond motifs is 1. The Morgan fingerprint density at radius 3 is 2.44 bits per heavy atom. The molecular formula is C23H26N2O5S2. The van der Waals surface area contributed by atoms with Crippen molar-refractivity contribution in [2.45, 2.75) is 31.2 Å². The molecule has 2 atom stereocenters. The SMILES string of the molecule is COc1ccc(CC(=O)N=C2S[C@H]3CS(=O)(=O)C[C@H]3N2Cc2ccc(C)cc2)cc1OC. The first-order valence-electron chi connectivity index (χ1n) is 10.3. The van der Waals surface area contributed by atoms with E-state index in [1.807, 2.05) is 42.2 Å². The molecule has 0 unspecified atom stereocenters. The van der Waals surface area contributed by atoms with Gasteiger partial charge >= 0.3 is 0 Å². The van der Waals surface area contributed by atoms with Crippen LogP contribution in [-0.4, -0.2) is 61.4 Å². The second-order valence-electron chi connectivity index (χ2n) is 8.07. The van der Waals surface area contributed by atoms with E-state index in [0.717, 1.165) is 16.7 Å². The van der Waals surface area contributed by atoms with Crippen LogP contribution in [0.3, 0.4) is 0 Å². The first-order chi connectivity index (χ1) is 15.3. The van der Waals surface area contributed by atoms with Crippen LogP contribution in [0.1, 0.15) is 16.7 Å². The van der Waals surface area contributed by atoms with Gasteiger partial charge in [0, 0.05) is 11.8 Å². The standard InChI is InChI=1S/C23H26N2O5S2/c1-15-4-6-16(7-5-15)12-25-18-13-32(27,28)14-21(18)31-23(25)24-22(26)11-17-8-9-19(29-2)20(10-17)30-3/h4-10,18,21H,11-14H2,1-3H3/t18-,21+/m1/s1. The van der Waals surface area contributed by atoms with Crippen LogP contribution in [0.15, 0.2) is 47.5 Å². The molecule has 0 radical (unpaired) electrons. The van der Waals surface area contributed by atoms with Crippen LogP contribution in [-0.2, 0) is 27.6 Å². The van der Waals surface area contributed by atoms with Crippen molar-refractivity contribution >= 4 is 32.7 Å². The Morgan fingerprint density at radius 1 is 1.06 bits per heavy atom. The second-order valence-corrected chi connectivity index (χ2v) is 11.4. The Labute approximate surface area is 192 Å². The minimum atomic E-state index is -3.08. The van der Waals surface area contributed by atoms with Crippen LogP contribution in [0.25, 0.3) is 0 Å². The van der Waals surface area contributed by atoms with Crippen molar-refractivity contribution in [1.82, 2.24) is 4.90 Å². The van der Waals surface area contributed by atoms with Gasteiger partial charge in [0.15, 0.2) is 26.5 Å². The van der Waals surface area contributed by atoms with Crippen LogP contribution in [0.4, 0.5) is 0 Å². The third-order valence-electron chi connectivity index (χ3n) is 5.67. The number of rotatable bonds is 6. The molecule has 2 heterocycles. The van der Waals surface area contributed by atoms with Crippen molar-refractivity contribution in [3.05, 3.63) is 59.2 Å². The zero-order valence-corrected chi connectivity index (χ0v) is 19.9. The highest BCUT2D eigenvalue weighted by Gasteiger charge is 2.48. The minimum Gasteiger partial charge on any atom is -0.493 e. The predicted molar refractivity (Wildman–Crippen MR) is 126 cm³/mol. The van der Waals surface area contributed by atoms with Crippen LogP contribution >= 0.6 is 11.8 Å². The van der Waals surface area contributed by atoms with Crippen LogP contribution < -0.4 is 9.47 Å². The van der Waals surface area contributed by atoms with E-state index in [0.29, 0.717) is 23.2 Å². The van der Waals surface area contributed by atoms with Crippen molar-refractivity contribution in [3.8, 4) is 11.5 Å². The number of thioether (sulfide) groups is 1. The van der Waals surface area contributed by atoms with Gasteiger partial charge in [0.1, 0.15) is 0 Å². The Hall–Kier alpha value is -2.52. The molecule has 2 aromatic carbocycles. The fraction of sp³-hybridized carbons (Fsp3) is 0.391. The molecule has 9 heteroatoms. The smallest absolute Gasteiger partial charge is 0.252 e. The molecule has 0 aromatic heterocycles. The molecule has 1 amide bonds. The number of amides is 1. The molecule has 2 aliphatic heterocycles. The van der Waals surface area contributed by atoms with Gasteiger partial charge in [0.25, 0.3) is 5.91 Å². The third-order valence-corrected chi connectivity index (χ3v) is 8.92. The third kappa shape index (κ3) is 4.94. The van der Waals surface area contributed by atoms with Gasteiger partial charge in [-0.3, -0.25) is 4.79 Å². The lowest BCUT2D eigenvalue weighted by Gasteiger charge is -2.24. The summed E-state index contributed by atoms with van der Waals surface area (Å²) in [4.78, 5) is 19.2. The summed E-state index contributed by atoms with van der Waals surface area (Å²) in [6.45, 7) is 2.54. The zero-order chi connectivity index (χ0) is 22.9. The summed E-state index contributed by atoms with van der Waals surface area (Å²) in [6, 6.07) is 13.3. The van der Waals surface area contributed by atoms with E-state index in [4.69, 9.17) is 9.47 Å². The van der Waals surface area contributed by atoms with Crippen molar-refractivity contribution < 1.29 is 22.7 Å². The summed E-state index contributed by atoms with van der Waals surface area (Å²) < 4.78 is 35.0. The molecule has 7 nitrogen and oxygen atoms in total. The van der Waals surface area contributed by atoms with E-state index in [1.54, 1.807) is 26.4 Å². The number of nitrogens with zero attached hydrogens (tertiary/aromatic N) is 2. The Balaban J connectivity index is 1.56. The largest absolute Gasteiger partial charge is 0.493 e. The van der Waals surface area contributed by atoms with E-state index in [9.17, 15) is 13.2 Å². The van der Waals surface area contributed by atoms with Crippen LogP contribution in [0, 0.1) is 6.92 Å². The van der Waals surface area contributed by atoms with Crippen molar-refractivity contribution in [3.63, 3.8) is 0 Å². The molecule has 4 rings (SSSR count). The summed E-state index contributed by atoms with van der Waals surface area (Å²) in [6.07, 6.45) is 0.121. The number of ether oxygens (including phenoxy) is 2. The molecule has 2 saturated heterocycles. The van der Waals surface area contributed by atoms with Crippen LogP contribution in [0.5, 0.6) is 11.5 Å². The lowest BCUT2D eigenvalue weighted by molar-refractivity contribution is -0.117. The van der Waals surface area contributed by atoms with Gasteiger partial charge in [-0.25, -0.2) is 8.42 Å². The average Bonchev–Trinajstić information content (AvgIpc) is 3.21. The first-order valence-corrected chi connectivity index (χ1v) is 13.0. The molecule has 0 N–H and O–H groups in total. The molecule has 0 bridgehead atoms. The van der Waals surface area contributed by atoms with Gasteiger partial charge < -0.3 is 14.4 Å². The van der Waals surface area contributed by atoms with Gasteiger partial charge in [0.05, 0.1) is 38.2 Å². The van der Waals surface area contributed by atoms with Gasteiger partial charge in [-0.2, -0.15) is 4.99 Å². The number of carbonyl (C=O) groups excluding carboxylic acids is 1. The lowest BCUT2D eigenvalue weighted by Crippen LogP contribution is -2.37. The summed E-state index contributed by atoms with van der Waals surface area (Å²) in [5.74, 6) is 1.09. The van der Waals surface area contributed by atoms with Crippen molar-refractivity contribution in [2.24, 2.45) is 4.99 Å². The van der Waals surface area contributed by atoms with Crippen molar-refractivity contribution in [1.29, 1.82) is 0 Å². The molecule has 0 aliphatic carbocycles. The molecule has 2 fully saturated rings. The molecule has 2 aliphatic rings. The van der Waals surface area contributed by atoms with Gasteiger partial charge in [-0.1, -0.05) is 47.7 Å². The van der Waals surface area contributed by atoms with E-state index in [1.165, 1.54) is 11.8 Å². The number of carbonyl (C=O) groups is 1. The number of hydrogen-bond donors (Lipinski definition) is 0. The fourth-order valence-corrected chi connectivity index (χ4v) is 7.99. The van der Waals surface area contributed by atoms with Gasteiger partial charge in [-0.15, -0.1) is 0 Å². The first kappa shape index (κ1) is 22.7. The normalized spacial score (nSPS) is 22.7. The highest BCUT2D eigenvalue weighted by atomic mass is 32.2. The number of aryl methyl sites for hydroxylation is 1. The maximum absolute atomic E-state index is 12.8. The van der Waals surface area contributed by atoms with E-state index in [-0.39, 0.29) is 35.1 Å². The number of hydrogen-bond acceptors (Lipinski definition) is 6. The van der Waals surface area contributed by atoms with Crippen molar-refractivity contribution in [2.75, 3.05) is 25.7 Å². The average molecular weight is 475 g/mol. The topological polar surface area (TPSA) is 85.3 Å². The Bertz CT molecular complexity index is 1150. The summed E-state index contributed by atoms with van der Waals surface area (Å²) in [5, 5.41) is 0.499. The quantitative estimate of drug-likeness (QED) is 0.636. The van der Waals surface area contributed by atoms with Gasteiger partial charge in [0.2, 0.25) is 0 Å². The molecule has 0 spiro atoms. The van der Waals surface area contributed by atoms with Crippen LogP contribution in [0.2, 0.25) is 0 Å². The maximum Gasteiger partial charge on any atom is 0.252 e. The van der Waals surface area contributed by atoms with E-state index >= 15 is 0 Å². The number of methoxy groups -OCH3 is 2. The van der Waals surface area contributed by atoms with E-state index in [2.05, 4.69) is 4.99 Å². The predicted octanol–water partition coefficient (Wildman–Crippen LogP) is 2.85. The molecule has 32 heavy (non-hydrogen) atoms. The van der Waals surface area contributed by atoms with Gasteiger partial charge in [-0.05, 0) is 30.2 Å².